The van der Waals surface area contributed by atoms with Crippen LogP contribution in [0, 0.1) is 0 Å². The molecule has 2 rings (SSSR count). The number of hydrogen-bond donors (Lipinski definition) is 2. The second-order valence-corrected chi connectivity index (χ2v) is 5.50. The molecule has 1 aliphatic heterocycles. The molecule has 110 valence electrons. The fourth-order valence-corrected chi connectivity index (χ4v) is 2.23. The van der Waals surface area contributed by atoms with Crippen molar-refractivity contribution in [3.63, 3.8) is 0 Å². The van der Waals surface area contributed by atoms with E-state index in [1.165, 1.54) is 6.20 Å². The highest BCUT2D eigenvalue weighted by Gasteiger charge is 2.25. The Morgan fingerprint density at radius 1 is 1.50 bits per heavy atom. The number of amides is 1. The van der Waals surface area contributed by atoms with Crippen molar-refractivity contribution >= 4 is 11.6 Å². The van der Waals surface area contributed by atoms with Gasteiger partial charge in [0.15, 0.2) is 5.69 Å². The van der Waals surface area contributed by atoms with Crippen molar-refractivity contribution in [2.75, 3.05) is 12.3 Å². The zero-order valence-corrected chi connectivity index (χ0v) is 12.2. The van der Waals surface area contributed by atoms with E-state index in [0.29, 0.717) is 11.5 Å². The third kappa shape index (κ3) is 3.25. The molecule has 2 atom stereocenters. The van der Waals surface area contributed by atoms with Crippen LogP contribution in [0.3, 0.4) is 0 Å². The van der Waals surface area contributed by atoms with Gasteiger partial charge in [0.2, 0.25) is 0 Å². The summed E-state index contributed by atoms with van der Waals surface area (Å²) >= 11 is 0. The van der Waals surface area contributed by atoms with Crippen LogP contribution in [0.25, 0.3) is 0 Å². The summed E-state index contributed by atoms with van der Waals surface area (Å²) in [4.78, 5) is 20.7. The molecule has 1 fully saturated rings. The Bertz CT molecular complexity index is 484. The van der Waals surface area contributed by atoms with E-state index in [4.69, 9.17) is 10.5 Å². The Hall–Kier alpha value is -1.69. The quantitative estimate of drug-likeness (QED) is 0.870. The number of hydrogen-bond acceptors (Lipinski definition) is 5. The van der Waals surface area contributed by atoms with E-state index in [1.54, 1.807) is 0 Å². The van der Waals surface area contributed by atoms with E-state index in [-0.39, 0.29) is 29.7 Å². The molecule has 20 heavy (non-hydrogen) atoms. The van der Waals surface area contributed by atoms with Gasteiger partial charge in [-0.1, -0.05) is 13.8 Å². The number of aromatic nitrogens is 2. The van der Waals surface area contributed by atoms with Crippen LogP contribution in [0.5, 0.6) is 0 Å². The van der Waals surface area contributed by atoms with E-state index in [9.17, 15) is 4.79 Å². The maximum Gasteiger partial charge on any atom is 0.272 e. The van der Waals surface area contributed by atoms with Crippen molar-refractivity contribution in [3.8, 4) is 0 Å². The molecule has 2 unspecified atom stereocenters. The Balaban J connectivity index is 2.09. The minimum atomic E-state index is -0.269. The molecule has 1 aromatic heterocycles. The van der Waals surface area contributed by atoms with Crippen molar-refractivity contribution in [1.29, 1.82) is 0 Å². The van der Waals surface area contributed by atoms with Gasteiger partial charge in [0.05, 0.1) is 24.0 Å². The number of nitrogens with zero attached hydrogens (tertiary/aromatic N) is 2. The van der Waals surface area contributed by atoms with Gasteiger partial charge in [-0.25, -0.2) is 9.97 Å². The third-order valence-corrected chi connectivity index (χ3v) is 3.45. The summed E-state index contributed by atoms with van der Waals surface area (Å²) in [5.74, 6) is 0.502. The molecule has 1 aliphatic rings. The molecule has 1 amide bonds. The summed E-state index contributed by atoms with van der Waals surface area (Å²) in [5, 5.41) is 2.91. The van der Waals surface area contributed by atoms with Crippen LogP contribution >= 0.6 is 0 Å². The van der Waals surface area contributed by atoms with Crippen LogP contribution in [0.15, 0.2) is 6.20 Å². The Labute approximate surface area is 119 Å². The number of rotatable bonds is 4. The van der Waals surface area contributed by atoms with E-state index in [2.05, 4.69) is 15.3 Å². The van der Waals surface area contributed by atoms with E-state index >= 15 is 0 Å². The topological polar surface area (TPSA) is 90.1 Å². The van der Waals surface area contributed by atoms with Gasteiger partial charge in [0.1, 0.15) is 5.82 Å². The lowest BCUT2D eigenvalue weighted by molar-refractivity contribution is 0.0710. The predicted octanol–water partition coefficient (Wildman–Crippen LogP) is 1.48. The number of carbonyl (C=O) groups is 1. The van der Waals surface area contributed by atoms with Gasteiger partial charge in [0, 0.05) is 12.5 Å². The fraction of sp³-hybridized carbons (Fsp3) is 0.643. The summed E-state index contributed by atoms with van der Waals surface area (Å²) in [6.45, 7) is 6.65. The average molecular weight is 278 g/mol. The molecule has 0 radical (unpaired) electrons. The molecule has 6 nitrogen and oxygen atoms in total. The van der Waals surface area contributed by atoms with E-state index in [1.807, 2.05) is 20.8 Å². The van der Waals surface area contributed by atoms with Gasteiger partial charge in [-0.3, -0.25) is 4.79 Å². The summed E-state index contributed by atoms with van der Waals surface area (Å²) < 4.78 is 5.56. The first-order valence-corrected chi connectivity index (χ1v) is 7.04. The number of nitrogens with two attached hydrogens (primary N) is 1. The predicted molar refractivity (Wildman–Crippen MR) is 76.4 cm³/mol. The number of ether oxygens (including phenoxy) is 1. The maximum atomic E-state index is 12.3. The molecule has 0 saturated carbocycles. The second kappa shape index (κ2) is 6.17. The van der Waals surface area contributed by atoms with Gasteiger partial charge in [-0.2, -0.15) is 0 Å². The lowest BCUT2D eigenvalue weighted by Gasteiger charge is -2.20. The number of nitrogen functional groups attached to an aromatic ring is 1. The van der Waals surface area contributed by atoms with Crippen molar-refractivity contribution in [2.24, 2.45) is 0 Å². The Morgan fingerprint density at radius 2 is 2.25 bits per heavy atom. The maximum absolute atomic E-state index is 12.3. The molecule has 3 N–H and O–H groups in total. The van der Waals surface area contributed by atoms with Crippen molar-refractivity contribution in [1.82, 2.24) is 15.3 Å². The average Bonchev–Trinajstić information content (AvgIpc) is 2.92. The molecule has 0 aromatic carbocycles. The van der Waals surface area contributed by atoms with Crippen molar-refractivity contribution < 1.29 is 9.53 Å². The molecule has 0 spiro atoms. The zero-order chi connectivity index (χ0) is 14.7. The van der Waals surface area contributed by atoms with Crippen molar-refractivity contribution in [3.05, 3.63) is 17.7 Å². The first-order chi connectivity index (χ1) is 9.49. The van der Waals surface area contributed by atoms with Crippen LogP contribution in [-0.4, -0.2) is 34.6 Å². The normalized spacial score (nSPS) is 20.1. The summed E-state index contributed by atoms with van der Waals surface area (Å²) in [6.07, 6.45) is 3.58. The summed E-state index contributed by atoms with van der Waals surface area (Å²) in [5.41, 5.74) is 6.34. The molecule has 1 aromatic rings. The molecule has 0 aliphatic carbocycles. The van der Waals surface area contributed by atoms with Crippen LogP contribution in [0.1, 0.15) is 55.8 Å². The lowest BCUT2D eigenvalue weighted by Crippen LogP contribution is -2.41. The fourth-order valence-electron chi connectivity index (χ4n) is 2.23. The first-order valence-electron chi connectivity index (χ1n) is 7.04. The molecule has 0 bridgehead atoms. The van der Waals surface area contributed by atoms with Gasteiger partial charge in [0.25, 0.3) is 5.91 Å². The minimum absolute atomic E-state index is 0.0538. The monoisotopic (exact) mass is 278 g/mol. The van der Waals surface area contributed by atoms with Crippen LogP contribution in [-0.2, 0) is 4.74 Å². The standard InChI is InChI=1S/C14H22N4O2/c1-8(2)13-16-7-10(15)12(18-13)14(19)17-9(3)11-5-4-6-20-11/h7-9,11H,4-6,15H2,1-3H3,(H,17,19). The van der Waals surface area contributed by atoms with Gasteiger partial charge >= 0.3 is 0 Å². The molecule has 6 heteroatoms. The molecular weight excluding hydrogens is 256 g/mol. The zero-order valence-electron chi connectivity index (χ0n) is 12.2. The highest BCUT2D eigenvalue weighted by Crippen LogP contribution is 2.17. The number of nitrogens with one attached hydrogen (secondary N) is 1. The van der Waals surface area contributed by atoms with Gasteiger partial charge < -0.3 is 15.8 Å². The van der Waals surface area contributed by atoms with Gasteiger partial charge in [-0.05, 0) is 19.8 Å². The van der Waals surface area contributed by atoms with Gasteiger partial charge in [-0.15, -0.1) is 0 Å². The molecular formula is C14H22N4O2. The summed E-state index contributed by atoms with van der Waals surface area (Å²) in [7, 11) is 0. The van der Waals surface area contributed by atoms with Crippen LogP contribution in [0.2, 0.25) is 0 Å². The second-order valence-electron chi connectivity index (χ2n) is 5.50. The largest absolute Gasteiger partial charge is 0.396 e. The Kier molecular flexibility index (Phi) is 4.54. The SMILES string of the molecule is CC(C)c1ncc(N)c(C(=O)NC(C)C2CCCO2)n1. The first kappa shape index (κ1) is 14.7. The lowest BCUT2D eigenvalue weighted by atomic mass is 10.1. The summed E-state index contributed by atoms with van der Waals surface area (Å²) in [6, 6.07) is -0.0538. The molecule has 1 saturated heterocycles. The highest BCUT2D eigenvalue weighted by atomic mass is 16.5. The Morgan fingerprint density at radius 3 is 2.85 bits per heavy atom. The number of carbonyl (C=O) groups excluding carboxylic acids is 1. The van der Waals surface area contributed by atoms with E-state index in [0.717, 1.165) is 19.4 Å². The van der Waals surface area contributed by atoms with Crippen LogP contribution < -0.4 is 11.1 Å². The highest BCUT2D eigenvalue weighted by molar-refractivity contribution is 5.97. The molecule has 2 heterocycles. The van der Waals surface area contributed by atoms with Crippen LogP contribution in [0.4, 0.5) is 5.69 Å². The smallest absolute Gasteiger partial charge is 0.272 e. The van der Waals surface area contributed by atoms with Crippen molar-refractivity contribution in [2.45, 2.75) is 51.7 Å². The minimum Gasteiger partial charge on any atom is -0.396 e. The third-order valence-electron chi connectivity index (χ3n) is 3.45. The number of anilines is 1. The van der Waals surface area contributed by atoms with E-state index < -0.39 is 0 Å².